The fourth-order valence-corrected chi connectivity index (χ4v) is 4.13. The van der Waals surface area contributed by atoms with Crippen LogP contribution in [0, 0.1) is 0 Å². The lowest BCUT2D eigenvalue weighted by molar-refractivity contribution is 0.442. The number of hydrogen-bond acceptors (Lipinski definition) is 6. The predicted octanol–water partition coefficient (Wildman–Crippen LogP) is 1.52. The number of thiazole rings is 1. The summed E-state index contributed by atoms with van der Waals surface area (Å²) in [6, 6.07) is 10.0. The number of fused-ring (bicyclic) bond motifs is 1. The van der Waals surface area contributed by atoms with E-state index in [-0.39, 0.29) is 5.03 Å². The highest BCUT2D eigenvalue weighted by molar-refractivity contribution is 7.93. The van der Waals surface area contributed by atoms with Crippen molar-refractivity contribution in [3.05, 3.63) is 46.1 Å². The number of pyridine rings is 1. The van der Waals surface area contributed by atoms with Crippen molar-refractivity contribution < 1.29 is 13.5 Å². The van der Waals surface area contributed by atoms with Crippen LogP contribution in [0.1, 0.15) is 0 Å². The zero-order chi connectivity index (χ0) is 14.3. The first kappa shape index (κ1) is 12.8. The smallest absolute Gasteiger partial charge is 0.308 e. The second-order valence-electron chi connectivity index (χ2n) is 4.00. The highest BCUT2D eigenvalue weighted by atomic mass is 32.2. The molecule has 0 aliphatic carbocycles. The minimum Gasteiger partial charge on any atom is -0.493 e. The van der Waals surface area contributed by atoms with Gasteiger partial charge in [-0.05, 0) is 18.2 Å². The number of aromatic nitrogens is 2. The molecule has 8 heteroatoms. The molecule has 0 radical (unpaired) electrons. The van der Waals surface area contributed by atoms with Gasteiger partial charge in [-0.1, -0.05) is 29.5 Å². The number of benzene rings is 1. The second kappa shape index (κ2) is 4.43. The van der Waals surface area contributed by atoms with Crippen LogP contribution in [0.5, 0.6) is 5.88 Å². The number of nitrogens with one attached hydrogen (secondary N) is 1. The van der Waals surface area contributed by atoms with E-state index in [1.807, 2.05) is 17.1 Å². The van der Waals surface area contributed by atoms with Crippen molar-refractivity contribution in [3.8, 4) is 5.88 Å². The van der Waals surface area contributed by atoms with E-state index in [2.05, 4.69) is 4.98 Å². The first-order valence-corrected chi connectivity index (χ1v) is 7.81. The van der Waals surface area contributed by atoms with Gasteiger partial charge in [0.1, 0.15) is 0 Å². The number of aromatic hydroxyl groups is 1. The third kappa shape index (κ3) is 1.98. The number of H-pyrrole nitrogens is 1. The summed E-state index contributed by atoms with van der Waals surface area (Å²) in [4.78, 5) is 16.6. The molecular weight excluding hydrogens is 300 g/mol. The molecule has 0 saturated heterocycles. The second-order valence-corrected chi connectivity index (χ2v) is 7.07. The van der Waals surface area contributed by atoms with Gasteiger partial charge in [0.05, 0.1) is 5.52 Å². The van der Waals surface area contributed by atoms with Crippen LogP contribution >= 0.6 is 11.3 Å². The molecule has 0 atom stereocenters. The molecule has 0 saturated carbocycles. The Balaban J connectivity index is 2.23. The van der Waals surface area contributed by atoms with Gasteiger partial charge in [-0.25, -0.2) is 13.4 Å². The van der Waals surface area contributed by atoms with E-state index in [1.165, 1.54) is 6.07 Å². The molecule has 0 spiro atoms. The van der Waals surface area contributed by atoms with Crippen molar-refractivity contribution in [1.82, 2.24) is 9.97 Å². The van der Waals surface area contributed by atoms with E-state index in [9.17, 15) is 18.3 Å². The van der Waals surface area contributed by atoms with Gasteiger partial charge >= 0.3 is 4.87 Å². The van der Waals surface area contributed by atoms with Crippen molar-refractivity contribution in [1.29, 1.82) is 0 Å². The Hall–Kier alpha value is -2.19. The van der Waals surface area contributed by atoms with Gasteiger partial charge in [0, 0.05) is 5.39 Å². The SMILES string of the molecule is O=c1[nH]c(O)c(S(=O)(=O)c2ccc3ccccc3n2)s1. The predicted molar refractivity (Wildman–Crippen MR) is 73.8 cm³/mol. The zero-order valence-corrected chi connectivity index (χ0v) is 11.5. The standard InChI is InChI=1S/C12H8N2O4S2/c15-10-11(19-12(16)14-10)20(17,18)9-6-5-7-3-1-2-4-8(7)13-9/h1-6,15H,(H,14,16). The quantitative estimate of drug-likeness (QED) is 0.747. The molecule has 2 aromatic heterocycles. The highest BCUT2D eigenvalue weighted by Crippen LogP contribution is 2.29. The average Bonchev–Trinajstić information content (AvgIpc) is 2.78. The van der Waals surface area contributed by atoms with Crippen molar-refractivity contribution in [2.24, 2.45) is 0 Å². The summed E-state index contributed by atoms with van der Waals surface area (Å²) in [6.07, 6.45) is 0. The molecule has 0 aliphatic rings. The third-order valence-corrected chi connectivity index (χ3v) is 5.73. The largest absolute Gasteiger partial charge is 0.493 e. The molecule has 2 N–H and O–H groups in total. The summed E-state index contributed by atoms with van der Waals surface area (Å²) >= 11 is 0.432. The molecule has 0 unspecified atom stereocenters. The third-order valence-electron chi connectivity index (χ3n) is 2.69. The number of para-hydroxylation sites is 1. The minimum absolute atomic E-state index is 0.207. The maximum Gasteiger partial charge on any atom is 0.308 e. The molecule has 0 aliphatic heterocycles. The summed E-state index contributed by atoms with van der Waals surface area (Å²) in [5.41, 5.74) is 0.524. The van der Waals surface area contributed by atoms with Crippen LogP contribution in [-0.2, 0) is 9.84 Å². The molecule has 6 nitrogen and oxygen atoms in total. The zero-order valence-electron chi connectivity index (χ0n) is 9.90. The van der Waals surface area contributed by atoms with E-state index >= 15 is 0 Å². The van der Waals surface area contributed by atoms with E-state index in [4.69, 9.17) is 0 Å². The molecular formula is C12H8N2O4S2. The van der Waals surface area contributed by atoms with Gasteiger partial charge in [-0.3, -0.25) is 9.78 Å². The van der Waals surface area contributed by atoms with Gasteiger partial charge in [-0.15, -0.1) is 0 Å². The Morgan fingerprint density at radius 3 is 2.60 bits per heavy atom. The van der Waals surface area contributed by atoms with Crippen LogP contribution in [0.2, 0.25) is 0 Å². The van der Waals surface area contributed by atoms with Gasteiger partial charge < -0.3 is 5.11 Å². The van der Waals surface area contributed by atoms with Crippen molar-refractivity contribution in [3.63, 3.8) is 0 Å². The fraction of sp³-hybridized carbons (Fsp3) is 0. The number of rotatable bonds is 2. The monoisotopic (exact) mass is 308 g/mol. The Labute approximate surface area is 117 Å². The summed E-state index contributed by atoms with van der Waals surface area (Å²) < 4.78 is 24.3. The lowest BCUT2D eigenvalue weighted by atomic mass is 10.2. The van der Waals surface area contributed by atoms with Crippen LogP contribution < -0.4 is 4.87 Å². The molecule has 3 rings (SSSR count). The summed E-state index contributed by atoms with van der Waals surface area (Å²) in [6.45, 7) is 0. The number of sulfone groups is 1. The molecule has 0 amide bonds. The number of nitrogens with zero attached hydrogens (tertiary/aromatic N) is 1. The van der Waals surface area contributed by atoms with Crippen LogP contribution in [0.4, 0.5) is 0 Å². The van der Waals surface area contributed by atoms with Gasteiger partial charge in [-0.2, -0.15) is 0 Å². The summed E-state index contributed by atoms with van der Waals surface area (Å²) in [5.74, 6) is -0.657. The van der Waals surface area contributed by atoms with Gasteiger partial charge in [0.2, 0.25) is 15.7 Å². The van der Waals surface area contributed by atoms with Gasteiger partial charge in [0.25, 0.3) is 0 Å². The van der Waals surface area contributed by atoms with E-state index in [1.54, 1.807) is 18.2 Å². The van der Waals surface area contributed by atoms with Crippen LogP contribution in [-0.4, -0.2) is 23.5 Å². The van der Waals surface area contributed by atoms with Crippen molar-refractivity contribution >= 4 is 32.1 Å². The number of hydrogen-bond donors (Lipinski definition) is 2. The van der Waals surface area contributed by atoms with Crippen molar-refractivity contribution in [2.75, 3.05) is 0 Å². The maximum absolute atomic E-state index is 12.3. The first-order chi connectivity index (χ1) is 9.48. The Morgan fingerprint density at radius 2 is 1.90 bits per heavy atom. The Bertz CT molecular complexity index is 957. The lowest BCUT2D eigenvalue weighted by Gasteiger charge is -2.03. The van der Waals surface area contributed by atoms with Crippen molar-refractivity contribution in [2.45, 2.75) is 9.24 Å². The molecule has 1 aromatic carbocycles. The molecule has 20 heavy (non-hydrogen) atoms. The lowest BCUT2D eigenvalue weighted by Crippen LogP contribution is -2.03. The normalized spacial score (nSPS) is 11.8. The van der Waals surface area contributed by atoms with Gasteiger partial charge in [0.15, 0.2) is 9.24 Å². The number of aromatic amines is 1. The Morgan fingerprint density at radius 1 is 1.15 bits per heavy atom. The van der Waals surface area contributed by atoms with Crippen LogP contribution in [0.3, 0.4) is 0 Å². The van der Waals surface area contributed by atoms with Crippen LogP contribution in [0.25, 0.3) is 10.9 Å². The summed E-state index contributed by atoms with van der Waals surface area (Å²) in [7, 11) is -4.01. The minimum atomic E-state index is -4.01. The van der Waals surface area contributed by atoms with E-state index < -0.39 is 24.8 Å². The highest BCUT2D eigenvalue weighted by Gasteiger charge is 2.26. The molecule has 0 fully saturated rings. The molecule has 102 valence electrons. The molecule has 2 heterocycles. The summed E-state index contributed by atoms with van der Waals surface area (Å²) in [5, 5.41) is 10.1. The maximum atomic E-state index is 12.3. The average molecular weight is 308 g/mol. The fourth-order valence-electron chi connectivity index (χ4n) is 1.78. The van der Waals surface area contributed by atoms with Crippen LogP contribution in [0.15, 0.2) is 50.4 Å². The molecule has 3 aromatic rings. The first-order valence-electron chi connectivity index (χ1n) is 5.51. The molecule has 0 bridgehead atoms. The van der Waals surface area contributed by atoms with E-state index in [0.29, 0.717) is 16.9 Å². The Kier molecular flexibility index (Phi) is 2.84. The van der Waals surface area contributed by atoms with E-state index in [0.717, 1.165) is 5.39 Å². The topological polar surface area (TPSA) is 100 Å².